The van der Waals surface area contributed by atoms with E-state index in [2.05, 4.69) is 6.07 Å². The number of hydrogen-bond acceptors (Lipinski definition) is 4. The molecule has 3 fully saturated rings. The van der Waals surface area contributed by atoms with Gasteiger partial charge in [0.2, 0.25) is 0 Å². The van der Waals surface area contributed by atoms with Gasteiger partial charge in [-0.2, -0.15) is 15.8 Å². The van der Waals surface area contributed by atoms with Crippen LogP contribution in [0.1, 0.15) is 58.3 Å². The number of fused-ring (bicyclic) bond motifs is 5. The van der Waals surface area contributed by atoms with Crippen molar-refractivity contribution in [2.75, 3.05) is 0 Å². The van der Waals surface area contributed by atoms with Gasteiger partial charge >= 0.3 is 0 Å². The van der Waals surface area contributed by atoms with Crippen LogP contribution in [-0.4, -0.2) is 5.60 Å². The van der Waals surface area contributed by atoms with Crippen molar-refractivity contribution < 1.29 is 4.74 Å². The highest BCUT2D eigenvalue weighted by molar-refractivity contribution is 5.58. The summed E-state index contributed by atoms with van der Waals surface area (Å²) in [6.45, 7) is 2.01. The minimum atomic E-state index is -0.449. The number of hydrogen-bond donors (Lipinski definition) is 0. The lowest BCUT2D eigenvalue weighted by atomic mass is 9.70. The van der Waals surface area contributed by atoms with Crippen LogP contribution in [0, 0.1) is 57.7 Å². The number of ether oxygens (including phenoxy) is 1. The van der Waals surface area contributed by atoms with Crippen LogP contribution >= 0.6 is 0 Å². The molecule has 0 aromatic carbocycles. The van der Waals surface area contributed by atoms with E-state index in [0.717, 1.165) is 18.4 Å². The van der Waals surface area contributed by atoms with Gasteiger partial charge in [-0.15, -0.1) is 0 Å². The summed E-state index contributed by atoms with van der Waals surface area (Å²) in [5.74, 6) is 2.44. The molecule has 25 heavy (non-hydrogen) atoms. The van der Waals surface area contributed by atoms with Gasteiger partial charge in [-0.3, -0.25) is 0 Å². The average molecular weight is 333 g/mol. The monoisotopic (exact) mass is 333 g/mol. The minimum Gasteiger partial charge on any atom is -0.479 e. The normalized spacial score (nSPS) is 39.0. The number of nitrogens with zero attached hydrogens (tertiary/aromatic N) is 3. The van der Waals surface area contributed by atoms with E-state index < -0.39 is 5.60 Å². The lowest BCUT2D eigenvalue weighted by molar-refractivity contribution is -0.0358. The first-order valence-corrected chi connectivity index (χ1v) is 9.54. The van der Waals surface area contributed by atoms with E-state index in [0.29, 0.717) is 29.2 Å². The second-order valence-electron chi connectivity index (χ2n) is 8.04. The van der Waals surface area contributed by atoms with Crippen LogP contribution in [0.25, 0.3) is 0 Å². The summed E-state index contributed by atoms with van der Waals surface area (Å²) in [6, 6.07) is 6.12. The van der Waals surface area contributed by atoms with Gasteiger partial charge in [0, 0.05) is 11.8 Å². The molecule has 4 atom stereocenters. The topological polar surface area (TPSA) is 80.6 Å². The van der Waals surface area contributed by atoms with Crippen molar-refractivity contribution in [1.82, 2.24) is 0 Å². The zero-order valence-electron chi connectivity index (χ0n) is 14.7. The summed E-state index contributed by atoms with van der Waals surface area (Å²) in [6.07, 6.45) is 9.79. The Hall–Kier alpha value is -2.25. The molecule has 0 N–H and O–H groups in total. The Morgan fingerprint density at radius 2 is 1.44 bits per heavy atom. The van der Waals surface area contributed by atoms with Gasteiger partial charge < -0.3 is 4.74 Å². The summed E-state index contributed by atoms with van der Waals surface area (Å²) in [4.78, 5) is 0. The highest BCUT2D eigenvalue weighted by Gasteiger charge is 2.65. The van der Waals surface area contributed by atoms with Crippen LogP contribution in [0.5, 0.6) is 0 Å². The Morgan fingerprint density at radius 1 is 0.920 bits per heavy atom. The molecule has 0 aromatic heterocycles. The Labute approximate surface area is 149 Å². The van der Waals surface area contributed by atoms with Gasteiger partial charge in [-0.1, -0.05) is 25.7 Å². The molecule has 3 aliphatic carbocycles. The highest BCUT2D eigenvalue weighted by Crippen LogP contribution is 2.65. The van der Waals surface area contributed by atoms with Gasteiger partial charge in [-0.25, -0.2) is 0 Å². The van der Waals surface area contributed by atoms with Crippen LogP contribution in [0.15, 0.2) is 22.5 Å². The molecule has 4 aliphatic rings. The van der Waals surface area contributed by atoms with Crippen molar-refractivity contribution in [3.05, 3.63) is 22.5 Å². The highest BCUT2D eigenvalue weighted by atomic mass is 16.5. The maximum absolute atomic E-state index is 9.74. The van der Waals surface area contributed by atoms with E-state index in [4.69, 9.17) is 4.74 Å². The lowest BCUT2D eigenvalue weighted by Crippen LogP contribution is -2.43. The zero-order chi connectivity index (χ0) is 17.6. The van der Waals surface area contributed by atoms with Crippen molar-refractivity contribution in [2.45, 2.75) is 63.9 Å². The first-order chi connectivity index (χ1) is 12.2. The summed E-state index contributed by atoms with van der Waals surface area (Å²) in [7, 11) is 0. The fraction of sp³-hybridized carbons (Fsp3) is 0.667. The first kappa shape index (κ1) is 16.2. The van der Waals surface area contributed by atoms with Crippen molar-refractivity contribution in [1.29, 1.82) is 15.8 Å². The molecule has 0 saturated heterocycles. The van der Waals surface area contributed by atoms with E-state index in [1.165, 1.54) is 38.5 Å². The molecule has 128 valence electrons. The largest absolute Gasteiger partial charge is 0.479 e. The third-order valence-electron chi connectivity index (χ3n) is 7.31. The average Bonchev–Trinajstić information content (AvgIpc) is 3.11. The van der Waals surface area contributed by atoms with Crippen molar-refractivity contribution in [2.24, 2.45) is 23.7 Å². The van der Waals surface area contributed by atoms with Crippen LogP contribution in [0.4, 0.5) is 0 Å². The van der Waals surface area contributed by atoms with E-state index in [9.17, 15) is 15.8 Å². The zero-order valence-corrected chi connectivity index (χ0v) is 14.7. The molecule has 3 saturated carbocycles. The third kappa shape index (κ3) is 2.02. The first-order valence-electron chi connectivity index (χ1n) is 9.54. The molecule has 0 bridgehead atoms. The molecule has 1 aliphatic heterocycles. The van der Waals surface area contributed by atoms with Gasteiger partial charge in [-0.05, 0) is 50.0 Å². The Morgan fingerprint density at radius 3 is 1.92 bits per heavy atom. The molecular weight excluding hydrogens is 310 g/mol. The van der Waals surface area contributed by atoms with Crippen molar-refractivity contribution in [3.8, 4) is 18.2 Å². The van der Waals surface area contributed by atoms with Gasteiger partial charge in [0.15, 0.2) is 11.3 Å². The molecule has 4 nitrogen and oxygen atoms in total. The third-order valence-corrected chi connectivity index (χ3v) is 7.31. The van der Waals surface area contributed by atoms with Crippen molar-refractivity contribution in [3.63, 3.8) is 0 Å². The molecule has 4 rings (SSSR count). The van der Waals surface area contributed by atoms with Crippen molar-refractivity contribution >= 4 is 0 Å². The molecule has 1 heterocycles. The Balaban J connectivity index is 1.90. The van der Waals surface area contributed by atoms with Crippen LogP contribution in [0.3, 0.4) is 0 Å². The van der Waals surface area contributed by atoms with E-state index in [1.807, 2.05) is 19.1 Å². The summed E-state index contributed by atoms with van der Waals surface area (Å²) in [5, 5.41) is 28.4. The smallest absolute Gasteiger partial charge is 0.172 e. The molecular formula is C21H23N3O. The maximum Gasteiger partial charge on any atom is 0.172 e. The fourth-order valence-electron chi connectivity index (χ4n) is 6.49. The number of allylic oxidation sites excluding steroid dienone is 2. The molecule has 0 amide bonds. The van der Waals surface area contributed by atoms with Gasteiger partial charge in [0.25, 0.3) is 0 Å². The molecule has 1 spiro atoms. The van der Waals surface area contributed by atoms with Crippen LogP contribution in [-0.2, 0) is 4.74 Å². The Bertz CT molecular complexity index is 747. The van der Waals surface area contributed by atoms with Gasteiger partial charge in [0.05, 0.1) is 5.57 Å². The second kappa shape index (κ2) is 5.93. The molecule has 4 heteroatoms. The minimum absolute atomic E-state index is 0.0561. The maximum atomic E-state index is 9.74. The standard InChI is InChI=1S/C21H23N3O/c1-13-17(12-24)20(14(10-22)11-23)25-21(13)18-8-4-2-6-15(18)16-7-3-5-9-19(16)21/h15-16,18-19H,2-9H2,1H3. The summed E-state index contributed by atoms with van der Waals surface area (Å²) < 4.78 is 6.55. The SMILES string of the molecule is CC1=C(C#N)C(=C(C#N)C#N)OC12C1CCCCC1C1CCCCC12. The van der Waals surface area contributed by atoms with Crippen LogP contribution < -0.4 is 0 Å². The lowest BCUT2D eigenvalue weighted by Gasteiger charge is -2.41. The number of rotatable bonds is 0. The predicted octanol–water partition coefficient (Wildman–Crippen LogP) is 4.52. The van der Waals surface area contributed by atoms with E-state index in [-0.39, 0.29) is 11.3 Å². The fourth-order valence-corrected chi connectivity index (χ4v) is 6.49. The van der Waals surface area contributed by atoms with Gasteiger partial charge in [0.1, 0.15) is 23.8 Å². The number of nitriles is 3. The van der Waals surface area contributed by atoms with Crippen LogP contribution in [0.2, 0.25) is 0 Å². The quantitative estimate of drug-likeness (QED) is 0.610. The summed E-state index contributed by atoms with van der Waals surface area (Å²) in [5.41, 5.74) is 0.919. The molecule has 4 unspecified atom stereocenters. The van der Waals surface area contributed by atoms with E-state index in [1.54, 1.807) is 0 Å². The molecule has 0 aromatic rings. The second-order valence-corrected chi connectivity index (χ2v) is 8.04. The Kier molecular flexibility index (Phi) is 3.85. The predicted molar refractivity (Wildman–Crippen MR) is 91.3 cm³/mol. The molecule has 0 radical (unpaired) electrons. The summed E-state index contributed by atoms with van der Waals surface area (Å²) >= 11 is 0. The van der Waals surface area contributed by atoms with E-state index >= 15 is 0 Å².